The molecule has 2 aromatic rings. The summed E-state index contributed by atoms with van der Waals surface area (Å²) in [6.45, 7) is 0.811. The number of hydrogen-bond donors (Lipinski definition) is 1. The van der Waals surface area contributed by atoms with Crippen molar-refractivity contribution in [3.63, 3.8) is 0 Å². The Labute approximate surface area is 110 Å². The molecule has 5 heteroatoms. The fourth-order valence-corrected chi connectivity index (χ4v) is 2.02. The quantitative estimate of drug-likeness (QED) is 0.921. The molecule has 0 spiro atoms. The van der Waals surface area contributed by atoms with Gasteiger partial charge in [-0.05, 0) is 37.6 Å². The molecular weight excluding hydrogens is 252 g/mol. The van der Waals surface area contributed by atoms with Crippen molar-refractivity contribution in [3.8, 4) is 5.75 Å². The first-order valence-electron chi connectivity index (χ1n) is 5.84. The number of nitrogens with two attached hydrogens (primary N) is 1. The average molecular weight is 267 g/mol. The van der Waals surface area contributed by atoms with Crippen LogP contribution in [0.25, 0.3) is 0 Å². The van der Waals surface area contributed by atoms with Crippen LogP contribution in [-0.4, -0.2) is 6.61 Å². The summed E-state index contributed by atoms with van der Waals surface area (Å²) in [6, 6.07) is 7.80. The predicted octanol–water partition coefficient (Wildman–Crippen LogP) is 3.55. The van der Waals surface area contributed by atoms with Gasteiger partial charge in [0.1, 0.15) is 17.3 Å². The summed E-state index contributed by atoms with van der Waals surface area (Å²) in [5.74, 6) is 1.59. The Hall–Kier alpha value is -1.88. The molecule has 1 aromatic carbocycles. The van der Waals surface area contributed by atoms with Crippen molar-refractivity contribution in [2.24, 2.45) is 5.73 Å². The van der Waals surface area contributed by atoms with Gasteiger partial charge in [-0.25, -0.2) is 0 Å². The van der Waals surface area contributed by atoms with Gasteiger partial charge in [-0.2, -0.15) is 8.78 Å². The van der Waals surface area contributed by atoms with E-state index >= 15 is 0 Å². The van der Waals surface area contributed by atoms with Crippen LogP contribution >= 0.6 is 0 Å². The van der Waals surface area contributed by atoms with E-state index in [1.54, 1.807) is 12.1 Å². The lowest BCUT2D eigenvalue weighted by Gasteiger charge is -2.13. The van der Waals surface area contributed by atoms with Crippen LogP contribution in [0.1, 0.15) is 28.7 Å². The standard InChI is InChI=1S/C14H15F2NO2/c1-8-6-12(9(2)18-8)13(17)10-4-3-5-11(7-10)19-14(15)16/h3-7,13-14H,17H2,1-2H3. The lowest BCUT2D eigenvalue weighted by Crippen LogP contribution is -2.12. The maximum absolute atomic E-state index is 12.2. The number of furan rings is 1. The van der Waals surface area contributed by atoms with Gasteiger partial charge in [0.2, 0.25) is 0 Å². The summed E-state index contributed by atoms with van der Waals surface area (Å²) >= 11 is 0. The Bertz CT molecular complexity index is 566. The molecule has 1 unspecified atom stereocenters. The van der Waals surface area contributed by atoms with E-state index in [4.69, 9.17) is 10.2 Å². The Morgan fingerprint density at radius 2 is 1.95 bits per heavy atom. The number of hydrogen-bond acceptors (Lipinski definition) is 3. The third-order valence-electron chi connectivity index (χ3n) is 2.86. The second kappa shape index (κ2) is 5.40. The molecule has 0 fully saturated rings. The van der Waals surface area contributed by atoms with Crippen LogP contribution in [0.3, 0.4) is 0 Å². The molecule has 0 radical (unpaired) electrons. The number of rotatable bonds is 4. The minimum Gasteiger partial charge on any atom is -0.466 e. The highest BCUT2D eigenvalue weighted by atomic mass is 19.3. The van der Waals surface area contributed by atoms with E-state index in [0.29, 0.717) is 5.56 Å². The molecule has 0 aliphatic heterocycles. The summed E-state index contributed by atoms with van der Waals surface area (Å²) < 4.78 is 34.1. The molecule has 19 heavy (non-hydrogen) atoms. The zero-order chi connectivity index (χ0) is 14.0. The van der Waals surface area contributed by atoms with Crippen LogP contribution < -0.4 is 10.5 Å². The van der Waals surface area contributed by atoms with E-state index < -0.39 is 12.7 Å². The van der Waals surface area contributed by atoms with Crippen molar-refractivity contribution in [2.75, 3.05) is 0 Å². The predicted molar refractivity (Wildman–Crippen MR) is 67.3 cm³/mol. The Kier molecular flexibility index (Phi) is 3.85. The molecule has 0 saturated carbocycles. The third kappa shape index (κ3) is 3.12. The second-order valence-electron chi connectivity index (χ2n) is 4.30. The monoisotopic (exact) mass is 267 g/mol. The van der Waals surface area contributed by atoms with E-state index in [2.05, 4.69) is 4.74 Å². The molecule has 0 aliphatic rings. The Balaban J connectivity index is 2.28. The molecule has 1 aromatic heterocycles. The van der Waals surface area contributed by atoms with Crippen molar-refractivity contribution in [1.82, 2.24) is 0 Å². The zero-order valence-electron chi connectivity index (χ0n) is 10.7. The molecule has 0 saturated heterocycles. The van der Waals surface area contributed by atoms with E-state index in [0.717, 1.165) is 17.1 Å². The minimum absolute atomic E-state index is 0.0980. The van der Waals surface area contributed by atoms with Crippen LogP contribution in [0, 0.1) is 13.8 Å². The summed E-state index contributed by atoms with van der Waals surface area (Å²) in [5.41, 5.74) is 7.66. The van der Waals surface area contributed by atoms with Gasteiger partial charge in [0.15, 0.2) is 0 Å². The molecule has 0 bridgehead atoms. The van der Waals surface area contributed by atoms with Gasteiger partial charge in [0, 0.05) is 5.56 Å². The molecule has 102 valence electrons. The van der Waals surface area contributed by atoms with Gasteiger partial charge < -0.3 is 14.9 Å². The zero-order valence-corrected chi connectivity index (χ0v) is 10.7. The van der Waals surface area contributed by atoms with E-state index in [9.17, 15) is 8.78 Å². The van der Waals surface area contributed by atoms with Crippen molar-refractivity contribution >= 4 is 0 Å². The van der Waals surface area contributed by atoms with Crippen LogP contribution in [0.5, 0.6) is 5.75 Å². The van der Waals surface area contributed by atoms with Crippen LogP contribution in [0.15, 0.2) is 34.7 Å². The second-order valence-corrected chi connectivity index (χ2v) is 4.30. The number of benzene rings is 1. The van der Waals surface area contributed by atoms with Crippen LogP contribution in [0.2, 0.25) is 0 Å². The average Bonchev–Trinajstić information content (AvgIpc) is 2.67. The summed E-state index contributed by atoms with van der Waals surface area (Å²) in [7, 11) is 0. The molecular formula is C14H15F2NO2. The molecule has 3 nitrogen and oxygen atoms in total. The summed E-state index contributed by atoms with van der Waals surface area (Å²) in [5, 5.41) is 0. The highest BCUT2D eigenvalue weighted by Crippen LogP contribution is 2.27. The van der Waals surface area contributed by atoms with Gasteiger partial charge in [-0.1, -0.05) is 12.1 Å². The molecule has 0 aliphatic carbocycles. The molecule has 0 amide bonds. The first kappa shape index (κ1) is 13.5. The van der Waals surface area contributed by atoms with Crippen molar-refractivity contribution in [1.29, 1.82) is 0 Å². The number of halogens is 2. The van der Waals surface area contributed by atoms with Crippen molar-refractivity contribution < 1.29 is 17.9 Å². The lowest BCUT2D eigenvalue weighted by molar-refractivity contribution is -0.0498. The lowest BCUT2D eigenvalue weighted by atomic mass is 10.00. The smallest absolute Gasteiger partial charge is 0.387 e. The molecule has 2 N–H and O–H groups in total. The fourth-order valence-electron chi connectivity index (χ4n) is 2.02. The topological polar surface area (TPSA) is 48.4 Å². The van der Waals surface area contributed by atoms with Gasteiger partial charge in [0.25, 0.3) is 0 Å². The highest BCUT2D eigenvalue weighted by Gasteiger charge is 2.16. The Morgan fingerprint density at radius 1 is 1.21 bits per heavy atom. The maximum atomic E-state index is 12.2. The summed E-state index contributed by atoms with van der Waals surface area (Å²) in [4.78, 5) is 0. The highest BCUT2D eigenvalue weighted by molar-refractivity contribution is 5.37. The fraction of sp³-hybridized carbons (Fsp3) is 0.286. The van der Waals surface area contributed by atoms with Gasteiger partial charge in [0.05, 0.1) is 6.04 Å². The Morgan fingerprint density at radius 3 is 2.53 bits per heavy atom. The van der Waals surface area contributed by atoms with E-state index in [1.165, 1.54) is 12.1 Å². The van der Waals surface area contributed by atoms with Crippen molar-refractivity contribution in [2.45, 2.75) is 26.5 Å². The van der Waals surface area contributed by atoms with Gasteiger partial charge >= 0.3 is 6.61 Å². The normalized spacial score (nSPS) is 12.7. The first-order chi connectivity index (χ1) is 8.97. The molecule has 1 heterocycles. The third-order valence-corrected chi connectivity index (χ3v) is 2.86. The van der Waals surface area contributed by atoms with Gasteiger partial charge in [-0.3, -0.25) is 0 Å². The maximum Gasteiger partial charge on any atom is 0.387 e. The first-order valence-corrected chi connectivity index (χ1v) is 5.84. The molecule has 1 atom stereocenters. The van der Waals surface area contributed by atoms with E-state index in [1.807, 2.05) is 19.9 Å². The largest absolute Gasteiger partial charge is 0.466 e. The number of alkyl halides is 2. The number of aryl methyl sites for hydroxylation is 2. The SMILES string of the molecule is Cc1cc(C(N)c2cccc(OC(F)F)c2)c(C)o1. The minimum atomic E-state index is -2.84. The summed E-state index contributed by atoms with van der Waals surface area (Å²) in [6.07, 6.45) is 0. The number of ether oxygens (including phenoxy) is 1. The van der Waals surface area contributed by atoms with Crippen LogP contribution in [0.4, 0.5) is 8.78 Å². The molecule has 2 rings (SSSR count). The van der Waals surface area contributed by atoms with Crippen LogP contribution in [-0.2, 0) is 0 Å². The van der Waals surface area contributed by atoms with E-state index in [-0.39, 0.29) is 5.75 Å². The van der Waals surface area contributed by atoms with Crippen molar-refractivity contribution in [3.05, 3.63) is 53.0 Å². The van der Waals surface area contributed by atoms with Gasteiger partial charge in [-0.15, -0.1) is 0 Å².